The highest BCUT2D eigenvalue weighted by Crippen LogP contribution is 2.12. The van der Waals surface area contributed by atoms with Crippen LogP contribution in [-0.2, 0) is 11.2 Å². The van der Waals surface area contributed by atoms with Gasteiger partial charge < -0.3 is 10.5 Å². The van der Waals surface area contributed by atoms with Gasteiger partial charge in [-0.2, -0.15) is 4.68 Å². The third-order valence-corrected chi connectivity index (χ3v) is 2.92. The van der Waals surface area contributed by atoms with Crippen LogP contribution in [0, 0.1) is 0 Å². The van der Waals surface area contributed by atoms with E-state index in [1.165, 1.54) is 0 Å². The van der Waals surface area contributed by atoms with E-state index in [1.54, 1.807) is 28.9 Å². The number of nitrogens with zero attached hydrogens (tertiary/aromatic N) is 4. The van der Waals surface area contributed by atoms with Crippen molar-refractivity contribution in [1.82, 2.24) is 20.2 Å². The number of esters is 1. The van der Waals surface area contributed by atoms with E-state index in [9.17, 15) is 4.79 Å². The molecule has 1 aromatic heterocycles. The molecular weight excluding hydrogens is 270 g/mol. The second-order valence-electron chi connectivity index (χ2n) is 4.58. The normalized spacial score (nSPS) is 10.6. The molecule has 1 heterocycles. The lowest BCUT2D eigenvalue weighted by atomic mass is 10.2. The number of benzene rings is 1. The minimum absolute atomic E-state index is 0.316. The lowest BCUT2D eigenvalue weighted by Gasteiger charge is -2.06. The second kappa shape index (κ2) is 7.49. The van der Waals surface area contributed by atoms with Crippen LogP contribution in [-0.4, -0.2) is 39.3 Å². The molecule has 0 saturated heterocycles. The number of rotatable bonds is 7. The highest BCUT2D eigenvalue weighted by molar-refractivity contribution is 5.89. The molecule has 0 aliphatic heterocycles. The van der Waals surface area contributed by atoms with E-state index in [1.807, 2.05) is 6.92 Å². The number of hydrogen-bond acceptors (Lipinski definition) is 6. The zero-order chi connectivity index (χ0) is 15.1. The molecule has 2 rings (SSSR count). The van der Waals surface area contributed by atoms with Crippen LogP contribution in [0.4, 0.5) is 0 Å². The first kappa shape index (κ1) is 15.1. The number of nitrogens with two attached hydrogens (primary N) is 1. The minimum atomic E-state index is -0.316. The van der Waals surface area contributed by atoms with E-state index in [0.717, 1.165) is 24.4 Å². The zero-order valence-electron chi connectivity index (χ0n) is 12.0. The van der Waals surface area contributed by atoms with Crippen molar-refractivity contribution in [2.45, 2.75) is 26.2 Å². The van der Waals surface area contributed by atoms with Crippen molar-refractivity contribution in [3.05, 3.63) is 35.7 Å². The Morgan fingerprint density at radius 2 is 2.10 bits per heavy atom. The fourth-order valence-corrected chi connectivity index (χ4v) is 1.84. The summed E-state index contributed by atoms with van der Waals surface area (Å²) in [6.45, 7) is 2.98. The van der Waals surface area contributed by atoms with Crippen LogP contribution in [0.2, 0.25) is 0 Å². The van der Waals surface area contributed by atoms with Gasteiger partial charge in [0.05, 0.1) is 17.9 Å². The molecule has 7 nitrogen and oxygen atoms in total. The summed E-state index contributed by atoms with van der Waals surface area (Å²) in [5.74, 6) is 0.435. The SMILES string of the molecule is CCCOC(=O)c1ccc(-n2nnnc2CCCN)cc1. The number of tetrazole rings is 1. The summed E-state index contributed by atoms with van der Waals surface area (Å²) in [6.07, 6.45) is 2.34. The van der Waals surface area contributed by atoms with Gasteiger partial charge in [-0.3, -0.25) is 0 Å². The smallest absolute Gasteiger partial charge is 0.338 e. The third-order valence-electron chi connectivity index (χ3n) is 2.92. The summed E-state index contributed by atoms with van der Waals surface area (Å²) in [4.78, 5) is 11.7. The van der Waals surface area contributed by atoms with Gasteiger partial charge in [0.15, 0.2) is 5.82 Å². The standard InChI is InChI=1S/C14H19N5O2/c1-2-10-21-14(20)11-5-7-12(8-6-11)19-13(4-3-9-15)16-17-18-19/h5-8H,2-4,9-10,15H2,1H3. The summed E-state index contributed by atoms with van der Waals surface area (Å²) in [6, 6.07) is 7.01. The maximum Gasteiger partial charge on any atom is 0.338 e. The maximum absolute atomic E-state index is 11.7. The molecule has 0 radical (unpaired) electrons. The molecule has 0 spiro atoms. The Kier molecular flexibility index (Phi) is 5.39. The average molecular weight is 289 g/mol. The molecule has 0 unspecified atom stereocenters. The first-order valence-electron chi connectivity index (χ1n) is 7.01. The molecule has 0 aliphatic carbocycles. The number of hydrogen-bond donors (Lipinski definition) is 1. The predicted molar refractivity (Wildman–Crippen MR) is 77.1 cm³/mol. The summed E-state index contributed by atoms with van der Waals surface area (Å²) >= 11 is 0. The first-order valence-corrected chi connectivity index (χ1v) is 7.01. The van der Waals surface area contributed by atoms with Gasteiger partial charge in [0, 0.05) is 6.42 Å². The van der Waals surface area contributed by atoms with Crippen LogP contribution < -0.4 is 5.73 Å². The summed E-state index contributed by atoms with van der Waals surface area (Å²) < 4.78 is 6.73. The quantitative estimate of drug-likeness (QED) is 0.767. The fraction of sp³-hybridized carbons (Fsp3) is 0.429. The van der Waals surface area contributed by atoms with Crippen molar-refractivity contribution < 1.29 is 9.53 Å². The second-order valence-corrected chi connectivity index (χ2v) is 4.58. The van der Waals surface area contributed by atoms with Crippen LogP contribution in [0.1, 0.15) is 35.9 Å². The van der Waals surface area contributed by atoms with Crippen LogP contribution in [0.3, 0.4) is 0 Å². The molecule has 0 fully saturated rings. The predicted octanol–water partition coefficient (Wildman–Crippen LogP) is 1.12. The van der Waals surface area contributed by atoms with Gasteiger partial charge in [-0.15, -0.1) is 5.10 Å². The Balaban J connectivity index is 2.12. The summed E-state index contributed by atoms with van der Waals surface area (Å²) in [5, 5.41) is 11.6. The van der Waals surface area contributed by atoms with Gasteiger partial charge >= 0.3 is 5.97 Å². The largest absolute Gasteiger partial charge is 0.462 e. The van der Waals surface area contributed by atoms with Gasteiger partial charge in [-0.05, 0) is 54.1 Å². The fourth-order valence-electron chi connectivity index (χ4n) is 1.84. The van der Waals surface area contributed by atoms with E-state index in [-0.39, 0.29) is 5.97 Å². The number of ether oxygens (including phenoxy) is 1. The van der Waals surface area contributed by atoms with Gasteiger partial charge in [0.1, 0.15) is 0 Å². The molecule has 2 N–H and O–H groups in total. The number of aromatic nitrogens is 4. The van der Waals surface area contributed by atoms with Crippen LogP contribution in [0.15, 0.2) is 24.3 Å². The van der Waals surface area contributed by atoms with Gasteiger partial charge in [0.25, 0.3) is 0 Å². The molecule has 0 amide bonds. The number of carbonyl (C=O) groups excluding carboxylic acids is 1. The Bertz CT molecular complexity index is 579. The lowest BCUT2D eigenvalue weighted by Crippen LogP contribution is -2.08. The van der Waals surface area contributed by atoms with Crippen LogP contribution in [0.5, 0.6) is 0 Å². The molecule has 7 heteroatoms. The molecule has 1 aromatic carbocycles. The topological polar surface area (TPSA) is 95.9 Å². The van der Waals surface area contributed by atoms with Crippen molar-refractivity contribution in [1.29, 1.82) is 0 Å². The van der Waals surface area contributed by atoms with Gasteiger partial charge in [-0.1, -0.05) is 6.92 Å². The zero-order valence-corrected chi connectivity index (χ0v) is 12.0. The van der Waals surface area contributed by atoms with Gasteiger partial charge in [-0.25, -0.2) is 4.79 Å². The Morgan fingerprint density at radius 3 is 2.76 bits per heavy atom. The van der Waals surface area contributed by atoms with Crippen molar-refractivity contribution in [3.8, 4) is 5.69 Å². The molecule has 0 atom stereocenters. The van der Waals surface area contributed by atoms with Crippen molar-refractivity contribution in [3.63, 3.8) is 0 Å². The van der Waals surface area contributed by atoms with E-state index < -0.39 is 0 Å². The average Bonchev–Trinajstić information content (AvgIpc) is 2.99. The molecule has 0 saturated carbocycles. The minimum Gasteiger partial charge on any atom is -0.462 e. The van der Waals surface area contributed by atoms with E-state index in [2.05, 4.69) is 15.5 Å². The van der Waals surface area contributed by atoms with Crippen LogP contribution >= 0.6 is 0 Å². The molecule has 0 aliphatic rings. The van der Waals surface area contributed by atoms with Crippen molar-refractivity contribution in [2.75, 3.05) is 13.2 Å². The Labute approximate surface area is 123 Å². The van der Waals surface area contributed by atoms with E-state index in [0.29, 0.717) is 25.1 Å². The van der Waals surface area contributed by atoms with E-state index in [4.69, 9.17) is 10.5 Å². The Morgan fingerprint density at radius 1 is 1.33 bits per heavy atom. The van der Waals surface area contributed by atoms with Crippen LogP contribution in [0.25, 0.3) is 5.69 Å². The molecule has 112 valence electrons. The monoisotopic (exact) mass is 289 g/mol. The van der Waals surface area contributed by atoms with E-state index >= 15 is 0 Å². The molecule has 21 heavy (non-hydrogen) atoms. The summed E-state index contributed by atoms with van der Waals surface area (Å²) in [7, 11) is 0. The first-order chi connectivity index (χ1) is 10.3. The third kappa shape index (κ3) is 3.85. The van der Waals surface area contributed by atoms with Crippen molar-refractivity contribution in [2.24, 2.45) is 5.73 Å². The molecule has 0 bridgehead atoms. The molecular formula is C14H19N5O2. The number of aryl methyl sites for hydroxylation is 1. The molecule has 2 aromatic rings. The highest BCUT2D eigenvalue weighted by Gasteiger charge is 2.10. The Hall–Kier alpha value is -2.28. The van der Waals surface area contributed by atoms with Gasteiger partial charge in [0.2, 0.25) is 0 Å². The maximum atomic E-state index is 11.7. The van der Waals surface area contributed by atoms with Crippen molar-refractivity contribution >= 4 is 5.97 Å². The highest BCUT2D eigenvalue weighted by atomic mass is 16.5. The lowest BCUT2D eigenvalue weighted by molar-refractivity contribution is 0.0505. The summed E-state index contributed by atoms with van der Waals surface area (Å²) in [5.41, 5.74) is 6.82. The number of carbonyl (C=O) groups is 1.